The zero-order valence-corrected chi connectivity index (χ0v) is 21.8. The number of sulfone groups is 1. The average molecular weight is 587 g/mol. The number of aliphatic carboxylic acids is 1. The van der Waals surface area contributed by atoms with E-state index in [2.05, 4.69) is 25.3 Å². The van der Waals surface area contributed by atoms with E-state index >= 15 is 0 Å². The van der Waals surface area contributed by atoms with Crippen molar-refractivity contribution >= 4 is 61.6 Å². The number of oxime groups is 1. The Labute approximate surface area is 220 Å². The molecule has 0 aromatic carbocycles. The fourth-order valence-corrected chi connectivity index (χ4v) is 7.26. The molecule has 0 radical (unpaired) electrons. The fourth-order valence-electron chi connectivity index (χ4n) is 3.73. The molecule has 2 aromatic heterocycles. The van der Waals surface area contributed by atoms with Gasteiger partial charge < -0.3 is 21.0 Å². The molecule has 2 aliphatic rings. The Morgan fingerprint density at radius 1 is 1.34 bits per heavy atom. The SMILES string of the molecule is CO/N=C(\C(=O)N[C@@H]1C(=O)N2C(C(=O)O)=C(CS(=O)(=O)c3nc(=O)c(=O)[nH]n3C)CS[C@H]12)c1csc(N)n1. The zero-order valence-electron chi connectivity index (χ0n) is 19.4. The summed E-state index contributed by atoms with van der Waals surface area (Å²) in [7, 11) is -2.07. The van der Waals surface area contributed by atoms with E-state index in [0.29, 0.717) is 0 Å². The molecule has 38 heavy (non-hydrogen) atoms. The number of nitrogens with zero attached hydrogens (tertiary/aromatic N) is 5. The summed E-state index contributed by atoms with van der Waals surface area (Å²) in [4.78, 5) is 73.7. The fraction of sp³-hybridized carbons (Fsp3) is 0.333. The van der Waals surface area contributed by atoms with E-state index in [1.807, 2.05) is 5.10 Å². The van der Waals surface area contributed by atoms with Crippen molar-refractivity contribution < 1.29 is 32.7 Å². The lowest BCUT2D eigenvalue weighted by Crippen LogP contribution is -2.71. The summed E-state index contributed by atoms with van der Waals surface area (Å²) in [5, 5.41) is 17.9. The van der Waals surface area contributed by atoms with Gasteiger partial charge in [0.2, 0.25) is 15.0 Å². The van der Waals surface area contributed by atoms with Gasteiger partial charge in [-0.15, -0.1) is 23.1 Å². The van der Waals surface area contributed by atoms with Crippen LogP contribution in [0.3, 0.4) is 0 Å². The average Bonchev–Trinajstić information content (AvgIpc) is 3.27. The highest BCUT2D eigenvalue weighted by Gasteiger charge is 2.54. The van der Waals surface area contributed by atoms with Crippen LogP contribution < -0.4 is 22.2 Å². The van der Waals surface area contributed by atoms with Crippen LogP contribution in [-0.4, -0.2) is 91.7 Å². The van der Waals surface area contributed by atoms with Crippen molar-refractivity contribution in [2.24, 2.45) is 12.2 Å². The van der Waals surface area contributed by atoms with E-state index in [-0.39, 0.29) is 27.9 Å². The number of anilines is 1. The number of aromatic amines is 1. The zero-order chi connectivity index (χ0) is 27.9. The summed E-state index contributed by atoms with van der Waals surface area (Å²) >= 11 is 2.07. The number of rotatable bonds is 8. The van der Waals surface area contributed by atoms with Crippen molar-refractivity contribution in [1.82, 2.24) is 30.0 Å². The summed E-state index contributed by atoms with van der Waals surface area (Å²) in [5.41, 5.74) is 2.27. The van der Waals surface area contributed by atoms with Crippen LogP contribution >= 0.6 is 23.1 Å². The Morgan fingerprint density at radius 2 is 2.05 bits per heavy atom. The molecule has 2 aromatic rings. The molecule has 4 heterocycles. The van der Waals surface area contributed by atoms with Gasteiger partial charge in [0.05, 0.1) is 5.75 Å². The predicted molar refractivity (Wildman–Crippen MR) is 132 cm³/mol. The Morgan fingerprint density at radius 3 is 2.66 bits per heavy atom. The molecule has 0 bridgehead atoms. The molecular weight excluding hydrogens is 568 g/mol. The predicted octanol–water partition coefficient (Wildman–Crippen LogP) is -2.93. The van der Waals surface area contributed by atoms with E-state index in [0.717, 1.165) is 39.7 Å². The largest absolute Gasteiger partial charge is 0.477 e. The first-order valence-corrected chi connectivity index (χ1v) is 13.9. The van der Waals surface area contributed by atoms with Gasteiger partial charge in [-0.1, -0.05) is 5.16 Å². The second-order valence-electron chi connectivity index (χ2n) is 7.77. The number of nitrogens with two attached hydrogens (primary N) is 1. The third-order valence-electron chi connectivity index (χ3n) is 5.29. The monoisotopic (exact) mass is 586 g/mol. The van der Waals surface area contributed by atoms with Crippen LogP contribution in [0.5, 0.6) is 0 Å². The third-order valence-corrected chi connectivity index (χ3v) is 8.95. The quantitative estimate of drug-likeness (QED) is 0.105. The minimum Gasteiger partial charge on any atom is -0.477 e. The van der Waals surface area contributed by atoms with Gasteiger partial charge in [-0.3, -0.25) is 33.9 Å². The summed E-state index contributed by atoms with van der Waals surface area (Å²) in [6.45, 7) is 0. The molecule has 0 aliphatic carbocycles. The number of β-lactam (4-membered cyclic amide) rings is 1. The van der Waals surface area contributed by atoms with Gasteiger partial charge in [0.15, 0.2) is 10.8 Å². The van der Waals surface area contributed by atoms with Crippen LogP contribution in [-0.2, 0) is 36.1 Å². The lowest BCUT2D eigenvalue weighted by atomic mass is 10.0. The number of hydrogen-bond acceptors (Lipinski definition) is 14. The van der Waals surface area contributed by atoms with Crippen LogP contribution in [0.2, 0.25) is 0 Å². The summed E-state index contributed by atoms with van der Waals surface area (Å²) in [5.74, 6) is -4.22. The van der Waals surface area contributed by atoms with Crippen LogP contribution in [0.15, 0.2) is 36.6 Å². The first-order valence-electron chi connectivity index (χ1n) is 10.3. The van der Waals surface area contributed by atoms with Crippen LogP contribution in [0.1, 0.15) is 5.69 Å². The second kappa shape index (κ2) is 10.0. The normalized spacial score (nSPS) is 19.6. The highest BCUT2D eigenvalue weighted by Crippen LogP contribution is 2.41. The lowest BCUT2D eigenvalue weighted by Gasteiger charge is -2.49. The van der Waals surface area contributed by atoms with Gasteiger partial charge in [0, 0.05) is 18.2 Å². The molecule has 2 aliphatic heterocycles. The number of carboxylic acids is 1. The van der Waals surface area contributed by atoms with Crippen LogP contribution in [0, 0.1) is 0 Å². The molecule has 0 saturated carbocycles. The molecule has 2 atom stereocenters. The van der Waals surface area contributed by atoms with E-state index in [9.17, 15) is 37.5 Å². The van der Waals surface area contributed by atoms with Crippen LogP contribution in [0.25, 0.3) is 0 Å². The highest BCUT2D eigenvalue weighted by atomic mass is 32.2. The first-order chi connectivity index (χ1) is 17.9. The number of fused-ring (bicyclic) bond motifs is 1. The Kier molecular flexibility index (Phi) is 7.12. The first kappa shape index (κ1) is 27.0. The molecular formula is C18H18N8O9S3. The maximum absolute atomic E-state index is 12.9. The van der Waals surface area contributed by atoms with Gasteiger partial charge in [-0.05, 0) is 5.57 Å². The van der Waals surface area contributed by atoms with Gasteiger partial charge >= 0.3 is 17.1 Å². The number of amides is 2. The summed E-state index contributed by atoms with van der Waals surface area (Å²) in [6.07, 6.45) is 0. The van der Waals surface area contributed by atoms with Crippen molar-refractivity contribution in [1.29, 1.82) is 0 Å². The van der Waals surface area contributed by atoms with Gasteiger partial charge in [-0.25, -0.2) is 18.2 Å². The number of nitrogen functional groups attached to an aromatic ring is 1. The number of carbonyl (C=O) groups is 3. The molecule has 5 N–H and O–H groups in total. The number of H-pyrrole nitrogens is 1. The molecule has 1 fully saturated rings. The summed E-state index contributed by atoms with van der Waals surface area (Å²) in [6, 6.07) is -1.15. The standard InChI is InChI=1S/C18H18N8O9S3/c1-25-18(22-12(28)13(29)23-25)38(33,34)5-6-3-36-15-9(14(30)26(15)10(6)16(31)32)21-11(27)8(24-35-2)7-4-37-17(19)20-7/h4,9,15H,3,5H2,1-2H3,(H2,19,20)(H,21,27)(H,23,29)(H,31,32)/b24-8-/t9-,15-/m1/s1. The Hall–Kier alpha value is -4.04. The maximum Gasteiger partial charge on any atom is 0.352 e. The molecule has 0 unspecified atom stereocenters. The topological polar surface area (TPSA) is 249 Å². The van der Waals surface area contributed by atoms with E-state index < -0.39 is 66.8 Å². The van der Waals surface area contributed by atoms with Crippen molar-refractivity contribution in [3.05, 3.63) is 43.1 Å². The number of thioether (sulfide) groups is 1. The molecule has 20 heteroatoms. The minimum atomic E-state index is -4.42. The highest BCUT2D eigenvalue weighted by molar-refractivity contribution is 8.00. The lowest BCUT2D eigenvalue weighted by molar-refractivity contribution is -0.150. The Bertz CT molecular complexity index is 1640. The van der Waals surface area contributed by atoms with E-state index in [1.54, 1.807) is 0 Å². The number of nitrogens with one attached hydrogen (secondary N) is 2. The molecule has 4 rings (SSSR count). The van der Waals surface area contributed by atoms with Crippen molar-refractivity contribution in [2.45, 2.75) is 16.6 Å². The maximum atomic E-state index is 12.9. The molecule has 1 saturated heterocycles. The van der Waals surface area contributed by atoms with Crippen LogP contribution in [0.4, 0.5) is 5.13 Å². The molecule has 2 amide bonds. The van der Waals surface area contributed by atoms with Gasteiger partial charge in [0.25, 0.3) is 11.8 Å². The number of carbonyl (C=O) groups excluding carboxylic acids is 2. The number of aryl methyl sites for hydroxylation is 1. The van der Waals surface area contributed by atoms with Gasteiger partial charge in [0.1, 0.15) is 29.9 Å². The smallest absolute Gasteiger partial charge is 0.352 e. The summed E-state index contributed by atoms with van der Waals surface area (Å²) < 4.78 is 26.6. The van der Waals surface area contributed by atoms with Gasteiger partial charge in [-0.2, -0.15) is 4.98 Å². The van der Waals surface area contributed by atoms with Crippen molar-refractivity contribution in [3.63, 3.8) is 0 Å². The number of hydrogen-bond donors (Lipinski definition) is 4. The molecule has 202 valence electrons. The second-order valence-corrected chi connectivity index (χ2v) is 11.6. The molecule has 17 nitrogen and oxygen atoms in total. The van der Waals surface area contributed by atoms with Crippen molar-refractivity contribution in [3.8, 4) is 0 Å². The molecule has 0 spiro atoms. The number of thiazole rings is 1. The van der Waals surface area contributed by atoms with E-state index in [1.165, 1.54) is 12.5 Å². The third kappa shape index (κ3) is 4.79. The Balaban J connectivity index is 1.59. The number of carboxylic acid groups (broad SMARTS) is 1. The minimum absolute atomic E-state index is 0.107. The van der Waals surface area contributed by atoms with Crippen molar-refractivity contribution in [2.75, 3.05) is 24.3 Å². The van der Waals surface area contributed by atoms with E-state index in [4.69, 9.17) is 5.73 Å². The number of aromatic nitrogens is 4.